The maximum atomic E-state index is 13.7. The molecule has 124 valence electrons. The van der Waals surface area contributed by atoms with Gasteiger partial charge in [-0.25, -0.2) is 0 Å². The second kappa shape index (κ2) is 5.39. The molecule has 2 atom stereocenters. The third-order valence-corrected chi connectivity index (χ3v) is 5.10. The summed E-state index contributed by atoms with van der Waals surface area (Å²) in [6.45, 7) is 11.1. The molecule has 2 fully saturated rings. The number of piperazine rings is 1. The van der Waals surface area contributed by atoms with Crippen molar-refractivity contribution in [3.63, 3.8) is 0 Å². The average molecular weight is 307 g/mol. The van der Waals surface area contributed by atoms with Gasteiger partial charge in [-0.1, -0.05) is 0 Å². The van der Waals surface area contributed by atoms with Gasteiger partial charge in [-0.2, -0.15) is 13.2 Å². The number of halogens is 3. The van der Waals surface area contributed by atoms with Gasteiger partial charge in [0.2, 0.25) is 0 Å². The van der Waals surface area contributed by atoms with Gasteiger partial charge in [-0.3, -0.25) is 9.80 Å². The molecule has 2 saturated heterocycles. The summed E-state index contributed by atoms with van der Waals surface area (Å²) in [5.41, 5.74) is -2.20. The number of hydrogen-bond donors (Lipinski definition) is 0. The topological polar surface area (TPSA) is 9.72 Å². The highest BCUT2D eigenvalue weighted by molar-refractivity contribution is 5.08. The average Bonchev–Trinajstić information content (AvgIpc) is 2.69. The third-order valence-electron chi connectivity index (χ3n) is 5.10. The molecular formula is C15H28F3N3. The molecule has 6 heteroatoms. The highest BCUT2D eigenvalue weighted by Gasteiger charge is 2.62. The molecular weight excluding hydrogens is 279 g/mol. The lowest BCUT2D eigenvalue weighted by atomic mass is 9.92. The number of likely N-dealkylation sites (N-methyl/N-ethyl adjacent to an activating group) is 1. The van der Waals surface area contributed by atoms with Crippen LogP contribution in [0, 0.1) is 0 Å². The van der Waals surface area contributed by atoms with Gasteiger partial charge in [0.05, 0.1) is 0 Å². The van der Waals surface area contributed by atoms with Crippen molar-refractivity contribution >= 4 is 0 Å². The van der Waals surface area contributed by atoms with E-state index in [1.54, 1.807) is 4.90 Å². The number of nitrogens with zero attached hydrogens (tertiary/aromatic N) is 3. The van der Waals surface area contributed by atoms with Crippen LogP contribution in [0.25, 0.3) is 0 Å². The quantitative estimate of drug-likeness (QED) is 0.737. The van der Waals surface area contributed by atoms with Crippen LogP contribution in [0.2, 0.25) is 0 Å². The van der Waals surface area contributed by atoms with Crippen LogP contribution in [-0.2, 0) is 0 Å². The van der Waals surface area contributed by atoms with E-state index < -0.39 is 17.3 Å². The van der Waals surface area contributed by atoms with E-state index >= 15 is 0 Å². The van der Waals surface area contributed by atoms with E-state index in [2.05, 4.69) is 16.8 Å². The summed E-state index contributed by atoms with van der Waals surface area (Å²) in [6, 6.07) is 0.00421. The molecule has 0 saturated carbocycles. The van der Waals surface area contributed by atoms with Crippen molar-refractivity contribution in [2.45, 2.75) is 57.4 Å². The summed E-state index contributed by atoms with van der Waals surface area (Å²) in [5.74, 6) is 0. The van der Waals surface area contributed by atoms with Crippen molar-refractivity contribution < 1.29 is 13.2 Å². The smallest absolute Gasteiger partial charge is 0.304 e. The molecule has 0 amide bonds. The minimum Gasteiger partial charge on any atom is -0.304 e. The Labute approximate surface area is 126 Å². The minimum absolute atomic E-state index is 0.00421. The number of rotatable bonds is 1. The van der Waals surface area contributed by atoms with Crippen molar-refractivity contribution in [2.75, 3.05) is 39.8 Å². The van der Waals surface area contributed by atoms with Crippen LogP contribution in [0.3, 0.4) is 0 Å². The van der Waals surface area contributed by atoms with E-state index in [9.17, 15) is 13.2 Å². The van der Waals surface area contributed by atoms with Crippen molar-refractivity contribution in [2.24, 2.45) is 0 Å². The normalized spacial score (nSPS) is 34.6. The summed E-state index contributed by atoms with van der Waals surface area (Å²) < 4.78 is 41.0. The Hall–Kier alpha value is -0.330. The molecule has 0 radical (unpaired) electrons. The molecule has 0 aromatic carbocycles. The maximum absolute atomic E-state index is 13.7. The first-order valence-corrected chi connectivity index (χ1v) is 7.72. The van der Waals surface area contributed by atoms with Gasteiger partial charge in [-0.15, -0.1) is 0 Å². The zero-order chi connectivity index (χ0) is 16.1. The molecule has 3 nitrogen and oxygen atoms in total. The second-order valence-electron chi connectivity index (χ2n) is 7.75. The lowest BCUT2D eigenvalue weighted by molar-refractivity contribution is -0.229. The van der Waals surface area contributed by atoms with Gasteiger partial charge in [0.1, 0.15) is 5.54 Å². The van der Waals surface area contributed by atoms with Crippen LogP contribution < -0.4 is 0 Å². The summed E-state index contributed by atoms with van der Waals surface area (Å²) in [6.07, 6.45) is -4.01. The van der Waals surface area contributed by atoms with Crippen molar-refractivity contribution in [1.29, 1.82) is 0 Å². The second-order valence-corrected chi connectivity index (χ2v) is 7.75. The van der Waals surface area contributed by atoms with E-state index in [0.29, 0.717) is 6.54 Å². The molecule has 2 aliphatic rings. The summed E-state index contributed by atoms with van der Waals surface area (Å²) >= 11 is 0. The van der Waals surface area contributed by atoms with Crippen LogP contribution in [0.4, 0.5) is 13.2 Å². The number of likely N-dealkylation sites (tertiary alicyclic amines) is 1. The standard InChI is InChI=1S/C15H28F3N3/c1-13(2,3)21-11-12(10-14(21,4)15(16,17)18)20-8-6-19(5)7-9-20/h12H,6-11H2,1-5H3/t12?,14-/m0/s1. The zero-order valence-corrected chi connectivity index (χ0v) is 13.8. The Bertz CT molecular complexity index is 369. The molecule has 0 bridgehead atoms. The Balaban J connectivity index is 2.19. The number of alkyl halides is 3. The van der Waals surface area contributed by atoms with E-state index in [-0.39, 0.29) is 12.5 Å². The van der Waals surface area contributed by atoms with Gasteiger partial charge in [-0.05, 0) is 41.2 Å². The van der Waals surface area contributed by atoms with Crippen LogP contribution in [-0.4, -0.2) is 77.8 Å². The Morgan fingerprint density at radius 1 is 1.00 bits per heavy atom. The van der Waals surface area contributed by atoms with Gasteiger partial charge >= 0.3 is 6.18 Å². The molecule has 0 aliphatic carbocycles. The summed E-state index contributed by atoms with van der Waals surface area (Å²) in [5, 5.41) is 0. The summed E-state index contributed by atoms with van der Waals surface area (Å²) in [7, 11) is 2.06. The van der Waals surface area contributed by atoms with Crippen LogP contribution >= 0.6 is 0 Å². The van der Waals surface area contributed by atoms with E-state index in [4.69, 9.17) is 0 Å². The molecule has 0 aromatic heterocycles. The fourth-order valence-corrected chi connectivity index (χ4v) is 3.76. The monoisotopic (exact) mass is 307 g/mol. The van der Waals surface area contributed by atoms with E-state index in [1.807, 2.05) is 20.8 Å². The molecule has 0 aromatic rings. The van der Waals surface area contributed by atoms with E-state index in [0.717, 1.165) is 26.2 Å². The van der Waals surface area contributed by atoms with Crippen LogP contribution in [0.1, 0.15) is 34.1 Å². The SMILES string of the molecule is CN1CCN(C2CN(C(C)(C)C)[C@](C)(C(F)(F)F)C2)CC1. The fourth-order valence-electron chi connectivity index (χ4n) is 3.76. The molecule has 21 heavy (non-hydrogen) atoms. The first kappa shape index (κ1) is 17.0. The van der Waals surface area contributed by atoms with Gasteiger partial charge < -0.3 is 4.90 Å². The molecule has 2 heterocycles. The van der Waals surface area contributed by atoms with Crippen LogP contribution in [0.5, 0.6) is 0 Å². The number of hydrogen-bond acceptors (Lipinski definition) is 3. The Morgan fingerprint density at radius 3 is 1.90 bits per heavy atom. The van der Waals surface area contributed by atoms with Gasteiger partial charge in [0.15, 0.2) is 0 Å². The van der Waals surface area contributed by atoms with Gasteiger partial charge in [0, 0.05) is 44.3 Å². The van der Waals surface area contributed by atoms with Crippen molar-refractivity contribution in [3.8, 4) is 0 Å². The Morgan fingerprint density at radius 2 is 1.52 bits per heavy atom. The largest absolute Gasteiger partial charge is 0.406 e. The fraction of sp³-hybridized carbons (Fsp3) is 1.00. The van der Waals surface area contributed by atoms with Gasteiger partial charge in [0.25, 0.3) is 0 Å². The lowest BCUT2D eigenvalue weighted by Crippen LogP contribution is -2.59. The zero-order valence-electron chi connectivity index (χ0n) is 13.8. The molecule has 2 aliphatic heterocycles. The first-order valence-electron chi connectivity index (χ1n) is 7.72. The predicted molar refractivity (Wildman–Crippen MR) is 78.4 cm³/mol. The third kappa shape index (κ3) is 3.22. The van der Waals surface area contributed by atoms with Crippen LogP contribution in [0.15, 0.2) is 0 Å². The van der Waals surface area contributed by atoms with E-state index in [1.165, 1.54) is 6.92 Å². The maximum Gasteiger partial charge on any atom is 0.406 e. The Kier molecular flexibility index (Phi) is 4.37. The van der Waals surface area contributed by atoms with Crippen molar-refractivity contribution in [1.82, 2.24) is 14.7 Å². The van der Waals surface area contributed by atoms with Crippen molar-refractivity contribution in [3.05, 3.63) is 0 Å². The lowest BCUT2D eigenvalue weighted by Gasteiger charge is -2.44. The molecule has 1 unspecified atom stereocenters. The summed E-state index contributed by atoms with van der Waals surface area (Å²) in [4.78, 5) is 6.13. The predicted octanol–water partition coefficient (Wildman–Crippen LogP) is 2.43. The highest BCUT2D eigenvalue weighted by atomic mass is 19.4. The highest BCUT2D eigenvalue weighted by Crippen LogP contribution is 2.47. The molecule has 0 N–H and O–H groups in total. The molecule has 0 spiro atoms. The minimum atomic E-state index is -4.19. The molecule has 2 rings (SSSR count). The first-order chi connectivity index (χ1) is 9.45.